The average Bonchev–Trinajstić information content (AvgIpc) is 3.20. The standard InChI is InChI=1S/C21H24FN5O2.HI/c1-14(2)19-10-18(29-27-19)13-26-21(23-3)25-12-15-4-9-20(24-11-15)28-17-7-5-16(22)6-8-17;/h4-11,14H,12-13H2,1-3H3,(H2,23,25,26);1H. The Balaban J connectivity index is 0.00000320. The van der Waals surface area contributed by atoms with Crippen molar-refractivity contribution in [3.8, 4) is 11.6 Å². The summed E-state index contributed by atoms with van der Waals surface area (Å²) in [5.41, 5.74) is 1.89. The maximum atomic E-state index is 12.9. The molecule has 7 nitrogen and oxygen atoms in total. The van der Waals surface area contributed by atoms with E-state index in [2.05, 4.69) is 39.6 Å². The molecule has 2 heterocycles. The zero-order chi connectivity index (χ0) is 20.6. The highest BCUT2D eigenvalue weighted by Gasteiger charge is 2.08. The number of nitrogens with zero attached hydrogens (tertiary/aromatic N) is 3. The second-order valence-electron chi connectivity index (χ2n) is 6.71. The first-order chi connectivity index (χ1) is 14.0. The second-order valence-corrected chi connectivity index (χ2v) is 6.71. The number of halogens is 2. The van der Waals surface area contributed by atoms with E-state index >= 15 is 0 Å². The minimum absolute atomic E-state index is 0. The SMILES string of the molecule is CN=C(NCc1ccc(Oc2ccc(F)cc2)nc1)NCc1cc(C(C)C)no1.I. The monoisotopic (exact) mass is 525 g/mol. The fraction of sp³-hybridized carbons (Fsp3) is 0.286. The number of benzene rings is 1. The Morgan fingerprint density at radius 3 is 2.47 bits per heavy atom. The lowest BCUT2D eigenvalue weighted by Crippen LogP contribution is -2.36. The van der Waals surface area contributed by atoms with E-state index in [0.717, 1.165) is 17.0 Å². The van der Waals surface area contributed by atoms with Gasteiger partial charge in [-0.15, -0.1) is 24.0 Å². The van der Waals surface area contributed by atoms with E-state index in [9.17, 15) is 4.39 Å². The predicted octanol–water partition coefficient (Wildman–Crippen LogP) is 4.61. The van der Waals surface area contributed by atoms with Gasteiger partial charge in [-0.3, -0.25) is 4.99 Å². The van der Waals surface area contributed by atoms with Crippen molar-refractivity contribution >= 4 is 29.9 Å². The molecule has 160 valence electrons. The highest BCUT2D eigenvalue weighted by atomic mass is 127. The van der Waals surface area contributed by atoms with E-state index in [-0.39, 0.29) is 29.8 Å². The Morgan fingerprint density at radius 1 is 1.13 bits per heavy atom. The van der Waals surface area contributed by atoms with Gasteiger partial charge in [-0.05, 0) is 35.7 Å². The Hall–Kier alpha value is -2.69. The molecule has 0 fully saturated rings. The quantitative estimate of drug-likeness (QED) is 0.267. The number of pyridine rings is 1. The summed E-state index contributed by atoms with van der Waals surface area (Å²) in [4.78, 5) is 8.47. The van der Waals surface area contributed by atoms with E-state index in [0.29, 0.717) is 36.6 Å². The number of aliphatic imine (C=N–C) groups is 1. The van der Waals surface area contributed by atoms with Gasteiger partial charge in [-0.1, -0.05) is 25.1 Å². The van der Waals surface area contributed by atoms with E-state index in [1.165, 1.54) is 12.1 Å². The maximum absolute atomic E-state index is 12.9. The molecule has 0 aliphatic rings. The molecule has 0 bridgehead atoms. The van der Waals surface area contributed by atoms with Gasteiger partial charge < -0.3 is 19.9 Å². The van der Waals surface area contributed by atoms with Crippen molar-refractivity contribution in [3.63, 3.8) is 0 Å². The smallest absolute Gasteiger partial charge is 0.219 e. The zero-order valence-electron chi connectivity index (χ0n) is 17.1. The van der Waals surface area contributed by atoms with Gasteiger partial charge in [0.25, 0.3) is 0 Å². The number of aromatic nitrogens is 2. The van der Waals surface area contributed by atoms with Gasteiger partial charge in [-0.25, -0.2) is 9.37 Å². The Morgan fingerprint density at radius 2 is 1.87 bits per heavy atom. The molecule has 0 aliphatic heterocycles. The molecular weight excluding hydrogens is 500 g/mol. The lowest BCUT2D eigenvalue weighted by atomic mass is 10.1. The van der Waals surface area contributed by atoms with Crippen molar-refractivity contribution in [1.82, 2.24) is 20.8 Å². The number of guanidine groups is 1. The van der Waals surface area contributed by atoms with Crippen LogP contribution in [0.1, 0.15) is 36.8 Å². The molecule has 0 atom stereocenters. The van der Waals surface area contributed by atoms with E-state index in [4.69, 9.17) is 9.26 Å². The number of ether oxygens (including phenoxy) is 1. The lowest BCUT2D eigenvalue weighted by molar-refractivity contribution is 0.372. The van der Waals surface area contributed by atoms with Gasteiger partial charge in [0.1, 0.15) is 11.6 Å². The third kappa shape index (κ3) is 6.97. The van der Waals surface area contributed by atoms with Crippen molar-refractivity contribution in [2.24, 2.45) is 4.99 Å². The molecule has 9 heteroatoms. The molecule has 0 aliphatic carbocycles. The second kappa shape index (κ2) is 11.5. The molecule has 2 aromatic heterocycles. The Labute approximate surface area is 192 Å². The third-order valence-electron chi connectivity index (χ3n) is 4.12. The molecule has 0 unspecified atom stereocenters. The van der Waals surface area contributed by atoms with Crippen LogP contribution in [0, 0.1) is 5.82 Å². The molecule has 1 aromatic carbocycles. The van der Waals surface area contributed by atoms with Gasteiger partial charge >= 0.3 is 0 Å². The first kappa shape index (κ1) is 23.6. The van der Waals surface area contributed by atoms with Crippen LogP contribution >= 0.6 is 24.0 Å². The van der Waals surface area contributed by atoms with Crippen LogP contribution in [0.3, 0.4) is 0 Å². The lowest BCUT2D eigenvalue weighted by Gasteiger charge is -2.11. The first-order valence-electron chi connectivity index (χ1n) is 9.32. The van der Waals surface area contributed by atoms with Crippen LogP contribution in [-0.2, 0) is 13.1 Å². The van der Waals surface area contributed by atoms with E-state index in [1.807, 2.05) is 12.1 Å². The van der Waals surface area contributed by atoms with Gasteiger partial charge in [0, 0.05) is 31.9 Å². The molecule has 0 amide bonds. The fourth-order valence-electron chi connectivity index (χ4n) is 2.46. The van der Waals surface area contributed by atoms with Crippen molar-refractivity contribution in [3.05, 3.63) is 71.5 Å². The minimum Gasteiger partial charge on any atom is -0.439 e. The summed E-state index contributed by atoms with van der Waals surface area (Å²) in [6, 6.07) is 11.4. The Kier molecular flexibility index (Phi) is 9.03. The number of hydrogen-bond donors (Lipinski definition) is 2. The predicted molar refractivity (Wildman–Crippen MR) is 124 cm³/mol. The molecule has 0 spiro atoms. The molecule has 2 N–H and O–H groups in total. The van der Waals surface area contributed by atoms with Crippen LogP contribution in [0.25, 0.3) is 0 Å². The van der Waals surface area contributed by atoms with Crippen LogP contribution in [0.2, 0.25) is 0 Å². The fourth-order valence-corrected chi connectivity index (χ4v) is 2.46. The molecule has 0 radical (unpaired) electrons. The van der Waals surface area contributed by atoms with Gasteiger partial charge in [-0.2, -0.15) is 0 Å². The van der Waals surface area contributed by atoms with Crippen LogP contribution in [-0.4, -0.2) is 23.1 Å². The molecule has 3 aromatic rings. The summed E-state index contributed by atoms with van der Waals surface area (Å²) in [6.07, 6.45) is 1.71. The average molecular weight is 525 g/mol. The summed E-state index contributed by atoms with van der Waals surface area (Å²) in [6.45, 7) is 5.17. The van der Waals surface area contributed by atoms with Crippen molar-refractivity contribution in [2.45, 2.75) is 32.9 Å². The summed E-state index contributed by atoms with van der Waals surface area (Å²) in [5, 5.41) is 10.4. The summed E-state index contributed by atoms with van der Waals surface area (Å²) in [5.74, 6) is 2.38. The molecule has 0 saturated carbocycles. The number of hydrogen-bond acceptors (Lipinski definition) is 5. The largest absolute Gasteiger partial charge is 0.439 e. The molecule has 3 rings (SSSR count). The normalized spacial score (nSPS) is 11.2. The van der Waals surface area contributed by atoms with Crippen molar-refractivity contribution in [2.75, 3.05) is 7.05 Å². The summed E-state index contributed by atoms with van der Waals surface area (Å²) >= 11 is 0. The van der Waals surface area contributed by atoms with Crippen LogP contribution in [0.5, 0.6) is 11.6 Å². The van der Waals surface area contributed by atoms with Crippen molar-refractivity contribution in [1.29, 1.82) is 0 Å². The molecule has 30 heavy (non-hydrogen) atoms. The number of rotatable bonds is 7. The topological polar surface area (TPSA) is 84.6 Å². The van der Waals surface area contributed by atoms with Crippen LogP contribution in [0.4, 0.5) is 4.39 Å². The van der Waals surface area contributed by atoms with E-state index in [1.54, 1.807) is 31.4 Å². The van der Waals surface area contributed by atoms with E-state index < -0.39 is 0 Å². The zero-order valence-corrected chi connectivity index (χ0v) is 19.4. The summed E-state index contributed by atoms with van der Waals surface area (Å²) in [7, 11) is 1.70. The Bertz CT molecular complexity index is 943. The van der Waals surface area contributed by atoms with Gasteiger partial charge in [0.15, 0.2) is 11.7 Å². The maximum Gasteiger partial charge on any atom is 0.219 e. The number of nitrogens with one attached hydrogen (secondary N) is 2. The molecular formula is C21H25FIN5O2. The highest BCUT2D eigenvalue weighted by molar-refractivity contribution is 14.0. The first-order valence-corrected chi connectivity index (χ1v) is 9.32. The van der Waals surface area contributed by atoms with Crippen LogP contribution < -0.4 is 15.4 Å². The summed E-state index contributed by atoms with van der Waals surface area (Å²) < 4.78 is 23.8. The van der Waals surface area contributed by atoms with Gasteiger partial charge in [0.2, 0.25) is 5.88 Å². The van der Waals surface area contributed by atoms with Crippen molar-refractivity contribution < 1.29 is 13.7 Å². The highest BCUT2D eigenvalue weighted by Crippen LogP contribution is 2.19. The molecule has 0 saturated heterocycles. The van der Waals surface area contributed by atoms with Gasteiger partial charge in [0.05, 0.1) is 12.2 Å². The van der Waals surface area contributed by atoms with Crippen LogP contribution in [0.15, 0.2) is 58.2 Å². The third-order valence-corrected chi connectivity index (χ3v) is 4.12. The minimum atomic E-state index is -0.308.